The number of unbranched alkanes of at least 4 members (excludes halogenated alkanes) is 3. The van der Waals surface area contributed by atoms with Gasteiger partial charge in [-0.15, -0.1) is 0 Å². The summed E-state index contributed by atoms with van der Waals surface area (Å²) < 4.78 is 12.2. The summed E-state index contributed by atoms with van der Waals surface area (Å²) in [6.45, 7) is 2.84. The number of halogens is 1. The molecule has 5 aromatic rings. The van der Waals surface area contributed by atoms with Gasteiger partial charge in [-0.05, 0) is 30.7 Å². The molecule has 0 radical (unpaired) electrons. The second-order valence-corrected chi connectivity index (χ2v) is 9.36. The van der Waals surface area contributed by atoms with Crippen molar-refractivity contribution in [2.24, 2.45) is 14.1 Å². The lowest BCUT2D eigenvalue weighted by atomic mass is 10.1. The summed E-state index contributed by atoms with van der Waals surface area (Å²) in [5.41, 5.74) is 2.42. The molecule has 2 aromatic carbocycles. The van der Waals surface area contributed by atoms with Crippen LogP contribution in [0.25, 0.3) is 33.9 Å². The van der Waals surface area contributed by atoms with Crippen molar-refractivity contribution >= 4 is 28.5 Å². The molecular weight excluding hydrogens is 478 g/mol. The Morgan fingerprint density at radius 1 is 0.972 bits per heavy atom. The van der Waals surface area contributed by atoms with Crippen LogP contribution in [0.5, 0.6) is 5.75 Å². The first-order valence-corrected chi connectivity index (χ1v) is 12.5. The zero-order valence-electron chi connectivity index (χ0n) is 20.6. The van der Waals surface area contributed by atoms with Gasteiger partial charge < -0.3 is 4.74 Å². The van der Waals surface area contributed by atoms with Gasteiger partial charge in [-0.3, -0.25) is 22.9 Å². The molecule has 9 heteroatoms. The van der Waals surface area contributed by atoms with Crippen molar-refractivity contribution in [2.45, 2.75) is 32.6 Å². The highest BCUT2D eigenvalue weighted by Gasteiger charge is 2.22. The first-order valence-electron chi connectivity index (χ1n) is 12.1. The highest BCUT2D eigenvalue weighted by atomic mass is 35.5. The molecule has 0 fully saturated rings. The van der Waals surface area contributed by atoms with E-state index < -0.39 is 11.2 Å². The zero-order valence-corrected chi connectivity index (χ0v) is 21.3. The number of rotatable bonds is 8. The fraction of sp³-hybridized carbons (Fsp3) is 0.296. The molecule has 0 aliphatic heterocycles. The lowest BCUT2D eigenvalue weighted by molar-refractivity contribution is 0.305. The first-order chi connectivity index (χ1) is 17.4. The van der Waals surface area contributed by atoms with E-state index in [9.17, 15) is 9.59 Å². The Labute approximate surface area is 213 Å². The van der Waals surface area contributed by atoms with E-state index in [1.165, 1.54) is 24.5 Å². The van der Waals surface area contributed by atoms with E-state index in [0.717, 1.165) is 40.1 Å². The predicted molar refractivity (Wildman–Crippen MR) is 143 cm³/mol. The number of benzene rings is 2. The zero-order chi connectivity index (χ0) is 25.4. The van der Waals surface area contributed by atoms with Crippen LogP contribution in [0.1, 0.15) is 32.6 Å². The molecule has 0 spiro atoms. The Balaban J connectivity index is 1.71. The van der Waals surface area contributed by atoms with Crippen LogP contribution in [0.3, 0.4) is 0 Å². The van der Waals surface area contributed by atoms with Gasteiger partial charge in [0.15, 0.2) is 11.2 Å². The summed E-state index contributed by atoms with van der Waals surface area (Å²) in [6.07, 6.45) is 6.40. The van der Waals surface area contributed by atoms with E-state index in [-0.39, 0.29) is 0 Å². The summed E-state index contributed by atoms with van der Waals surface area (Å²) in [5, 5.41) is 0.634. The van der Waals surface area contributed by atoms with Crippen molar-refractivity contribution in [1.82, 2.24) is 23.1 Å². The highest BCUT2D eigenvalue weighted by molar-refractivity contribution is 6.30. The van der Waals surface area contributed by atoms with Crippen LogP contribution in [0.2, 0.25) is 5.02 Å². The van der Waals surface area contributed by atoms with Gasteiger partial charge in [0.1, 0.15) is 5.75 Å². The van der Waals surface area contributed by atoms with Crippen molar-refractivity contribution in [3.8, 4) is 22.7 Å². The van der Waals surface area contributed by atoms with Gasteiger partial charge >= 0.3 is 5.69 Å². The molecule has 0 atom stereocenters. The lowest BCUT2D eigenvalue weighted by Crippen LogP contribution is -2.37. The molecule has 0 unspecified atom stereocenters. The standard InChI is InChI=1S/C27H28ClN5O3/c1-4-5-6-7-15-36-21-10-8-9-20(16-21)33-22(18-11-13-19(28)14-12-18)17-32-23-24(29-26(32)33)30(2)27(35)31(3)25(23)34/h8-14,16-17H,4-7,15H2,1-3H3. The number of hydrogen-bond donors (Lipinski definition) is 0. The molecule has 5 rings (SSSR count). The first kappa shape index (κ1) is 23.9. The molecule has 3 heterocycles. The van der Waals surface area contributed by atoms with Gasteiger partial charge in [0.25, 0.3) is 5.56 Å². The number of hydrogen-bond acceptors (Lipinski definition) is 4. The summed E-state index contributed by atoms with van der Waals surface area (Å²) in [6, 6.07) is 15.3. The molecule has 0 aliphatic carbocycles. The maximum absolute atomic E-state index is 13.1. The second-order valence-electron chi connectivity index (χ2n) is 8.92. The summed E-state index contributed by atoms with van der Waals surface area (Å²) in [5.74, 6) is 1.28. The molecular formula is C27H28ClN5O3. The average Bonchev–Trinajstić information content (AvgIpc) is 3.43. The van der Waals surface area contributed by atoms with Gasteiger partial charge in [0.2, 0.25) is 5.78 Å². The van der Waals surface area contributed by atoms with Crippen molar-refractivity contribution in [2.75, 3.05) is 6.61 Å². The molecule has 3 aromatic heterocycles. The molecule has 0 aliphatic rings. The van der Waals surface area contributed by atoms with Crippen LogP contribution in [-0.2, 0) is 14.1 Å². The molecule has 8 nitrogen and oxygen atoms in total. The minimum absolute atomic E-state index is 0.331. The van der Waals surface area contributed by atoms with Gasteiger partial charge in [-0.1, -0.05) is 56.0 Å². The van der Waals surface area contributed by atoms with Crippen LogP contribution >= 0.6 is 11.6 Å². The Morgan fingerprint density at radius 2 is 1.75 bits per heavy atom. The molecule has 36 heavy (non-hydrogen) atoms. The number of aromatic nitrogens is 5. The van der Waals surface area contributed by atoms with Crippen LogP contribution in [0.15, 0.2) is 64.3 Å². The topological polar surface area (TPSA) is 75.5 Å². The fourth-order valence-corrected chi connectivity index (χ4v) is 4.61. The molecule has 186 valence electrons. The molecule has 0 amide bonds. The molecule has 0 saturated heterocycles. The van der Waals surface area contributed by atoms with Crippen molar-refractivity contribution in [3.63, 3.8) is 0 Å². The average molecular weight is 506 g/mol. The fourth-order valence-electron chi connectivity index (χ4n) is 4.48. The smallest absolute Gasteiger partial charge is 0.332 e. The third kappa shape index (κ3) is 4.11. The van der Waals surface area contributed by atoms with Gasteiger partial charge in [-0.25, -0.2) is 4.79 Å². The van der Waals surface area contributed by atoms with Gasteiger partial charge in [0, 0.05) is 36.9 Å². The second kappa shape index (κ2) is 9.70. The third-order valence-corrected chi connectivity index (χ3v) is 6.70. The molecule has 0 bridgehead atoms. The minimum Gasteiger partial charge on any atom is -0.494 e. The number of nitrogens with zero attached hydrogens (tertiary/aromatic N) is 5. The minimum atomic E-state index is -0.420. The SMILES string of the molecule is CCCCCCOc1cccc(-n2c(-c3ccc(Cl)cc3)cn3c4c(=O)n(C)c(=O)n(C)c4nc23)c1. The quantitative estimate of drug-likeness (QED) is 0.279. The number of imidazole rings is 2. The van der Waals surface area contributed by atoms with Crippen molar-refractivity contribution in [3.05, 3.63) is 80.6 Å². The maximum atomic E-state index is 13.1. The lowest BCUT2D eigenvalue weighted by Gasteiger charge is -2.12. The van der Waals surface area contributed by atoms with Gasteiger partial charge in [-0.2, -0.15) is 4.98 Å². The van der Waals surface area contributed by atoms with Crippen LogP contribution in [-0.4, -0.2) is 29.7 Å². The largest absolute Gasteiger partial charge is 0.494 e. The van der Waals surface area contributed by atoms with Gasteiger partial charge in [0.05, 0.1) is 18.0 Å². The Morgan fingerprint density at radius 3 is 2.50 bits per heavy atom. The Kier molecular flexibility index (Phi) is 6.45. The highest BCUT2D eigenvalue weighted by Crippen LogP contribution is 2.31. The van der Waals surface area contributed by atoms with E-state index in [2.05, 4.69) is 6.92 Å². The summed E-state index contributed by atoms with van der Waals surface area (Å²) in [4.78, 5) is 30.4. The molecule has 0 saturated carbocycles. The van der Waals surface area contributed by atoms with E-state index in [1.807, 2.05) is 59.3 Å². The van der Waals surface area contributed by atoms with E-state index in [4.69, 9.17) is 21.3 Å². The normalized spacial score (nSPS) is 11.6. The number of fused-ring (bicyclic) bond motifs is 3. The number of ether oxygens (including phenoxy) is 1. The summed E-state index contributed by atoms with van der Waals surface area (Å²) >= 11 is 6.15. The third-order valence-electron chi connectivity index (χ3n) is 6.45. The molecule has 0 N–H and O–H groups in total. The Bertz CT molecular complexity index is 1670. The summed E-state index contributed by atoms with van der Waals surface area (Å²) in [7, 11) is 3.09. The monoisotopic (exact) mass is 505 g/mol. The van der Waals surface area contributed by atoms with E-state index in [0.29, 0.717) is 28.6 Å². The van der Waals surface area contributed by atoms with E-state index >= 15 is 0 Å². The predicted octanol–water partition coefficient (Wildman–Crippen LogP) is 4.96. The number of aryl methyl sites for hydroxylation is 1. The van der Waals surface area contributed by atoms with E-state index in [1.54, 1.807) is 11.4 Å². The Hall–Kier alpha value is -3.78. The maximum Gasteiger partial charge on any atom is 0.332 e. The van der Waals surface area contributed by atoms with Crippen molar-refractivity contribution < 1.29 is 4.74 Å². The van der Waals surface area contributed by atoms with Crippen LogP contribution in [0.4, 0.5) is 0 Å². The van der Waals surface area contributed by atoms with Crippen LogP contribution < -0.4 is 16.0 Å². The van der Waals surface area contributed by atoms with Crippen molar-refractivity contribution in [1.29, 1.82) is 0 Å². The van der Waals surface area contributed by atoms with Crippen LogP contribution in [0, 0.1) is 0 Å².